The van der Waals surface area contributed by atoms with E-state index in [1.165, 1.54) is 43.3 Å². The molecule has 1 saturated heterocycles. The van der Waals surface area contributed by atoms with Gasteiger partial charge < -0.3 is 4.98 Å². The van der Waals surface area contributed by atoms with Crippen LogP contribution in [0.5, 0.6) is 0 Å². The van der Waals surface area contributed by atoms with Crippen molar-refractivity contribution in [2.75, 3.05) is 13.1 Å². The molecule has 1 aliphatic rings. The van der Waals surface area contributed by atoms with Crippen LogP contribution in [0.15, 0.2) is 24.4 Å². The number of fused-ring (bicyclic) bond motifs is 1. The first-order chi connectivity index (χ1) is 9.24. The Hall–Kier alpha value is -1.61. The van der Waals surface area contributed by atoms with Gasteiger partial charge in [-0.05, 0) is 56.6 Å². The van der Waals surface area contributed by atoms with E-state index in [2.05, 4.69) is 16.1 Å². The van der Waals surface area contributed by atoms with Crippen molar-refractivity contribution < 1.29 is 4.79 Å². The summed E-state index contributed by atoms with van der Waals surface area (Å²) < 4.78 is 0. The zero-order chi connectivity index (χ0) is 13.2. The van der Waals surface area contributed by atoms with E-state index in [0.29, 0.717) is 0 Å². The summed E-state index contributed by atoms with van der Waals surface area (Å²) in [7, 11) is 0. The fraction of sp³-hybridized carbons (Fsp3) is 0.438. The molecule has 0 atom stereocenters. The quantitative estimate of drug-likeness (QED) is 0.855. The standard InChI is InChI=1S/C16H20N2O/c1-12(19)13-5-6-16-15(9-13)14(10-17-16)11-18-7-3-2-4-8-18/h5-6,9-10,17H,2-4,7-8,11H2,1H3. The maximum absolute atomic E-state index is 11.5. The molecule has 2 aromatic rings. The number of Topliss-reactive ketones (excluding diaryl/α,β-unsaturated/α-hetero) is 1. The van der Waals surface area contributed by atoms with E-state index in [-0.39, 0.29) is 5.78 Å². The highest BCUT2D eigenvalue weighted by molar-refractivity contribution is 5.98. The van der Waals surface area contributed by atoms with E-state index in [9.17, 15) is 4.79 Å². The maximum Gasteiger partial charge on any atom is 0.159 e. The number of ketones is 1. The minimum absolute atomic E-state index is 0.132. The Balaban J connectivity index is 1.89. The SMILES string of the molecule is CC(=O)c1ccc2[nH]cc(CN3CCCCC3)c2c1. The Kier molecular flexibility index (Phi) is 3.38. The molecule has 0 bridgehead atoms. The lowest BCUT2D eigenvalue weighted by molar-refractivity contribution is 0.101. The summed E-state index contributed by atoms with van der Waals surface area (Å²) in [5, 5.41) is 1.19. The van der Waals surface area contributed by atoms with Crippen LogP contribution in [0.3, 0.4) is 0 Å². The van der Waals surface area contributed by atoms with Gasteiger partial charge >= 0.3 is 0 Å². The van der Waals surface area contributed by atoms with Crippen LogP contribution in [0.4, 0.5) is 0 Å². The molecule has 0 saturated carbocycles. The number of benzene rings is 1. The largest absolute Gasteiger partial charge is 0.361 e. The zero-order valence-electron chi connectivity index (χ0n) is 11.4. The number of hydrogen-bond acceptors (Lipinski definition) is 2. The molecule has 1 aromatic heterocycles. The summed E-state index contributed by atoms with van der Waals surface area (Å²) in [4.78, 5) is 17.3. The van der Waals surface area contributed by atoms with Gasteiger partial charge in [-0.2, -0.15) is 0 Å². The van der Waals surface area contributed by atoms with Crippen molar-refractivity contribution in [2.45, 2.75) is 32.7 Å². The van der Waals surface area contributed by atoms with Gasteiger partial charge in [0.1, 0.15) is 0 Å². The molecule has 0 spiro atoms. The Morgan fingerprint density at radius 3 is 2.79 bits per heavy atom. The second-order valence-corrected chi connectivity index (χ2v) is 5.47. The van der Waals surface area contributed by atoms with Gasteiger partial charge in [0.25, 0.3) is 0 Å². The van der Waals surface area contributed by atoms with Crippen molar-refractivity contribution in [3.63, 3.8) is 0 Å². The third-order valence-electron chi connectivity index (χ3n) is 4.02. The highest BCUT2D eigenvalue weighted by atomic mass is 16.1. The van der Waals surface area contributed by atoms with Crippen LogP contribution in [-0.2, 0) is 6.54 Å². The number of carbonyl (C=O) groups is 1. The summed E-state index contributed by atoms with van der Waals surface area (Å²) in [6.45, 7) is 5.00. The summed E-state index contributed by atoms with van der Waals surface area (Å²) >= 11 is 0. The van der Waals surface area contributed by atoms with Gasteiger partial charge in [0.2, 0.25) is 0 Å². The highest BCUT2D eigenvalue weighted by Crippen LogP contribution is 2.23. The third kappa shape index (κ3) is 2.56. The van der Waals surface area contributed by atoms with Crippen molar-refractivity contribution in [2.24, 2.45) is 0 Å². The van der Waals surface area contributed by atoms with Crippen LogP contribution in [0, 0.1) is 0 Å². The summed E-state index contributed by atoms with van der Waals surface area (Å²) in [6.07, 6.45) is 6.06. The van der Waals surface area contributed by atoms with E-state index < -0.39 is 0 Å². The van der Waals surface area contributed by atoms with Crippen LogP contribution >= 0.6 is 0 Å². The number of hydrogen-bond donors (Lipinski definition) is 1. The molecular formula is C16H20N2O. The Morgan fingerprint density at radius 2 is 2.05 bits per heavy atom. The van der Waals surface area contributed by atoms with Crippen LogP contribution < -0.4 is 0 Å². The van der Waals surface area contributed by atoms with Gasteiger partial charge in [-0.25, -0.2) is 0 Å². The number of likely N-dealkylation sites (tertiary alicyclic amines) is 1. The van der Waals surface area contributed by atoms with Crippen LogP contribution in [0.25, 0.3) is 10.9 Å². The van der Waals surface area contributed by atoms with Crippen molar-refractivity contribution >= 4 is 16.7 Å². The molecule has 1 N–H and O–H groups in total. The number of aromatic amines is 1. The zero-order valence-corrected chi connectivity index (χ0v) is 11.4. The number of piperidine rings is 1. The van der Waals surface area contributed by atoms with Gasteiger partial charge in [-0.15, -0.1) is 0 Å². The first kappa shape index (κ1) is 12.4. The minimum Gasteiger partial charge on any atom is -0.361 e. The number of nitrogens with one attached hydrogen (secondary N) is 1. The number of H-pyrrole nitrogens is 1. The Morgan fingerprint density at radius 1 is 1.26 bits per heavy atom. The number of rotatable bonds is 3. The Labute approximate surface area is 113 Å². The molecule has 3 heteroatoms. The molecular weight excluding hydrogens is 236 g/mol. The monoisotopic (exact) mass is 256 g/mol. The van der Waals surface area contributed by atoms with Crippen LogP contribution in [0.1, 0.15) is 42.1 Å². The van der Waals surface area contributed by atoms with Crippen LogP contribution in [-0.4, -0.2) is 28.8 Å². The molecule has 3 rings (SSSR count). The first-order valence-corrected chi connectivity index (χ1v) is 7.07. The van der Waals surface area contributed by atoms with Gasteiger partial charge in [0, 0.05) is 29.2 Å². The van der Waals surface area contributed by atoms with E-state index in [1.807, 2.05) is 18.2 Å². The molecule has 0 amide bonds. The smallest absolute Gasteiger partial charge is 0.159 e. The molecule has 0 radical (unpaired) electrons. The van der Waals surface area contributed by atoms with Crippen molar-refractivity contribution in [1.82, 2.24) is 9.88 Å². The van der Waals surface area contributed by atoms with Crippen LogP contribution in [0.2, 0.25) is 0 Å². The lowest BCUT2D eigenvalue weighted by Crippen LogP contribution is -2.28. The maximum atomic E-state index is 11.5. The first-order valence-electron chi connectivity index (χ1n) is 7.07. The lowest BCUT2D eigenvalue weighted by atomic mass is 10.1. The third-order valence-corrected chi connectivity index (χ3v) is 4.02. The fourth-order valence-electron chi connectivity index (χ4n) is 2.89. The molecule has 100 valence electrons. The molecule has 1 fully saturated rings. The molecule has 3 nitrogen and oxygen atoms in total. The average molecular weight is 256 g/mol. The second-order valence-electron chi connectivity index (χ2n) is 5.47. The summed E-state index contributed by atoms with van der Waals surface area (Å²) in [6, 6.07) is 5.92. The predicted molar refractivity (Wildman–Crippen MR) is 77.4 cm³/mol. The van der Waals surface area contributed by atoms with Crippen molar-refractivity contribution in [3.05, 3.63) is 35.5 Å². The van der Waals surface area contributed by atoms with E-state index in [0.717, 1.165) is 17.6 Å². The normalized spacial score (nSPS) is 16.9. The molecule has 0 aliphatic carbocycles. The fourth-order valence-corrected chi connectivity index (χ4v) is 2.89. The Bertz CT molecular complexity index is 594. The average Bonchev–Trinajstić information content (AvgIpc) is 2.82. The lowest BCUT2D eigenvalue weighted by Gasteiger charge is -2.26. The van der Waals surface area contributed by atoms with Crippen molar-refractivity contribution in [3.8, 4) is 0 Å². The van der Waals surface area contributed by atoms with E-state index in [1.54, 1.807) is 6.92 Å². The molecule has 1 aromatic carbocycles. The topological polar surface area (TPSA) is 36.1 Å². The molecule has 19 heavy (non-hydrogen) atoms. The highest BCUT2D eigenvalue weighted by Gasteiger charge is 2.13. The number of nitrogens with zero attached hydrogens (tertiary/aromatic N) is 1. The van der Waals surface area contributed by atoms with E-state index >= 15 is 0 Å². The van der Waals surface area contributed by atoms with Crippen molar-refractivity contribution in [1.29, 1.82) is 0 Å². The van der Waals surface area contributed by atoms with Gasteiger partial charge in [-0.3, -0.25) is 9.69 Å². The van der Waals surface area contributed by atoms with Gasteiger partial charge in [0.15, 0.2) is 5.78 Å². The number of aromatic nitrogens is 1. The summed E-state index contributed by atoms with van der Waals surface area (Å²) in [5.41, 5.74) is 3.23. The minimum atomic E-state index is 0.132. The predicted octanol–water partition coefficient (Wildman–Crippen LogP) is 3.36. The molecule has 2 heterocycles. The van der Waals surface area contributed by atoms with E-state index in [4.69, 9.17) is 0 Å². The molecule has 0 unspecified atom stereocenters. The van der Waals surface area contributed by atoms with Gasteiger partial charge in [0.05, 0.1) is 0 Å². The number of carbonyl (C=O) groups excluding carboxylic acids is 1. The second kappa shape index (κ2) is 5.17. The summed E-state index contributed by atoms with van der Waals surface area (Å²) in [5.74, 6) is 0.132. The van der Waals surface area contributed by atoms with Gasteiger partial charge in [-0.1, -0.05) is 6.42 Å². The molecule has 1 aliphatic heterocycles.